The monoisotopic (exact) mass is 290 g/mol. The van der Waals surface area contributed by atoms with E-state index in [9.17, 15) is 29.4 Å². The van der Waals surface area contributed by atoms with Gasteiger partial charge in [-0.25, -0.2) is 9.59 Å². The predicted octanol–water partition coefficient (Wildman–Crippen LogP) is -3.32. The Morgan fingerprint density at radius 2 is 1.00 bits per heavy atom. The number of rotatable bonds is 6. The molecule has 0 atom stereocenters. The van der Waals surface area contributed by atoms with Gasteiger partial charge in [-0.05, 0) is 12.8 Å². The van der Waals surface area contributed by atoms with Crippen molar-refractivity contribution in [3.8, 4) is 0 Å². The van der Waals surface area contributed by atoms with E-state index in [2.05, 4.69) is 9.78 Å². The summed E-state index contributed by atoms with van der Waals surface area (Å²) in [5.74, 6) is -4.64. The molecule has 0 aromatic carbocycles. The van der Waals surface area contributed by atoms with E-state index >= 15 is 0 Å². The van der Waals surface area contributed by atoms with E-state index in [-0.39, 0.29) is 35.9 Å². The summed E-state index contributed by atoms with van der Waals surface area (Å²) in [6.07, 6.45) is -1.59. The Balaban J connectivity index is -0.000000256. The van der Waals surface area contributed by atoms with Gasteiger partial charge in [0.25, 0.3) is 0 Å². The predicted molar refractivity (Wildman–Crippen MR) is 51.7 cm³/mol. The Kier molecular flexibility index (Phi) is 17.5. The fourth-order valence-electron chi connectivity index (χ4n) is 0.500. The van der Waals surface area contributed by atoms with Crippen LogP contribution in [0.5, 0.6) is 0 Å². The normalized spacial score (nSPS) is 8.11. The van der Waals surface area contributed by atoms with Gasteiger partial charge in [0.15, 0.2) is 0 Å². The molecule has 19 heavy (non-hydrogen) atoms. The Hall–Kier alpha value is -1.43. The van der Waals surface area contributed by atoms with Crippen molar-refractivity contribution in [2.24, 2.45) is 0 Å². The molecule has 0 aliphatic carbocycles. The van der Waals surface area contributed by atoms with Crippen LogP contribution >= 0.6 is 0 Å². The van der Waals surface area contributed by atoms with Crippen LogP contribution in [0.15, 0.2) is 0 Å². The number of hydrogen-bond donors (Lipinski definition) is 2. The molecule has 10 nitrogen and oxygen atoms in total. The summed E-state index contributed by atoms with van der Waals surface area (Å²) < 4.78 is 0. The van der Waals surface area contributed by atoms with Crippen LogP contribution in [0, 0.1) is 0 Å². The van der Waals surface area contributed by atoms with Crippen LogP contribution in [0.3, 0.4) is 0 Å². The second-order valence-electron chi connectivity index (χ2n) is 2.67. The first-order chi connectivity index (χ1) is 8.33. The fourth-order valence-corrected chi connectivity index (χ4v) is 0.500. The molecule has 2 N–H and O–H groups in total. The van der Waals surface area contributed by atoms with Gasteiger partial charge in [-0.1, -0.05) is 0 Å². The van der Waals surface area contributed by atoms with Crippen molar-refractivity contribution in [2.75, 3.05) is 0 Å². The maximum atomic E-state index is 9.95. The van der Waals surface area contributed by atoms with E-state index in [0.717, 1.165) is 0 Å². The van der Waals surface area contributed by atoms with Gasteiger partial charge in [0.05, 0.1) is 12.8 Å². The molecular formula is C8H10MgO10. The number of carboxylic acids is 2. The van der Waals surface area contributed by atoms with E-state index in [1.54, 1.807) is 0 Å². The summed E-state index contributed by atoms with van der Waals surface area (Å²) in [5.41, 5.74) is 0. The SMILES string of the molecule is O=C([O-])CCC(=O)OO.O=C([O-])CCC(=O)OO.[Mg+2]. The van der Waals surface area contributed by atoms with E-state index in [4.69, 9.17) is 10.5 Å². The van der Waals surface area contributed by atoms with Crippen molar-refractivity contribution in [3.05, 3.63) is 0 Å². The minimum absolute atomic E-state index is 0. The Bertz CT molecular complexity index is 272. The minimum Gasteiger partial charge on any atom is -0.550 e. The summed E-state index contributed by atoms with van der Waals surface area (Å²) in [6, 6.07) is 0. The fraction of sp³-hybridized carbons (Fsp3) is 0.500. The van der Waals surface area contributed by atoms with Crippen LogP contribution in [0.4, 0.5) is 0 Å². The van der Waals surface area contributed by atoms with Gasteiger partial charge >= 0.3 is 35.0 Å². The average molecular weight is 290 g/mol. The third-order valence-corrected chi connectivity index (χ3v) is 1.27. The number of carbonyl (C=O) groups is 4. The van der Waals surface area contributed by atoms with Crippen LogP contribution in [-0.4, -0.2) is 57.4 Å². The number of carboxylic acid groups (broad SMARTS) is 2. The third kappa shape index (κ3) is 22.3. The first-order valence-corrected chi connectivity index (χ1v) is 4.41. The molecule has 0 aromatic heterocycles. The molecule has 11 heteroatoms. The van der Waals surface area contributed by atoms with Crippen LogP contribution in [-0.2, 0) is 29.0 Å². The molecule has 0 radical (unpaired) electrons. The zero-order valence-electron chi connectivity index (χ0n) is 9.70. The van der Waals surface area contributed by atoms with E-state index in [1.165, 1.54) is 0 Å². The van der Waals surface area contributed by atoms with Crippen molar-refractivity contribution in [3.63, 3.8) is 0 Å². The molecule has 0 amide bonds. The molecule has 0 aliphatic rings. The summed E-state index contributed by atoms with van der Waals surface area (Å²) in [7, 11) is 0. The topological polar surface area (TPSA) is 173 Å². The van der Waals surface area contributed by atoms with Gasteiger partial charge in [0.1, 0.15) is 0 Å². The molecule has 0 bridgehead atoms. The first-order valence-electron chi connectivity index (χ1n) is 4.41. The number of hydrogen-bond acceptors (Lipinski definition) is 10. The van der Waals surface area contributed by atoms with E-state index < -0.39 is 36.7 Å². The van der Waals surface area contributed by atoms with Crippen LogP contribution in [0.2, 0.25) is 0 Å². The third-order valence-electron chi connectivity index (χ3n) is 1.27. The Morgan fingerprint density at radius 3 is 1.16 bits per heavy atom. The van der Waals surface area contributed by atoms with Gasteiger partial charge in [0, 0.05) is 11.9 Å². The smallest absolute Gasteiger partial charge is 0.550 e. The molecule has 0 unspecified atom stereocenters. The molecule has 0 saturated carbocycles. The zero-order valence-corrected chi connectivity index (χ0v) is 11.1. The summed E-state index contributed by atoms with van der Waals surface area (Å²) in [4.78, 5) is 45.5. The largest absolute Gasteiger partial charge is 2.00 e. The molecule has 0 fully saturated rings. The average Bonchev–Trinajstić information content (AvgIpc) is 2.33. The first kappa shape index (κ1) is 22.7. The van der Waals surface area contributed by atoms with Crippen molar-refractivity contribution < 1.29 is 49.7 Å². The van der Waals surface area contributed by atoms with Crippen molar-refractivity contribution in [1.29, 1.82) is 0 Å². The molecule has 0 spiro atoms. The van der Waals surface area contributed by atoms with Crippen molar-refractivity contribution >= 4 is 46.9 Å². The van der Waals surface area contributed by atoms with Gasteiger partial charge in [-0.3, -0.25) is 0 Å². The second kappa shape index (κ2) is 14.6. The summed E-state index contributed by atoms with van der Waals surface area (Å²) >= 11 is 0. The van der Waals surface area contributed by atoms with E-state index in [1.807, 2.05) is 0 Å². The van der Waals surface area contributed by atoms with Gasteiger partial charge in [0.2, 0.25) is 0 Å². The quantitative estimate of drug-likeness (QED) is 0.286. The summed E-state index contributed by atoms with van der Waals surface area (Å²) in [5, 5.41) is 34.4. The van der Waals surface area contributed by atoms with Crippen LogP contribution in [0.25, 0.3) is 0 Å². The van der Waals surface area contributed by atoms with Gasteiger partial charge < -0.3 is 29.6 Å². The minimum atomic E-state index is -1.35. The molecule has 104 valence electrons. The standard InChI is InChI=1S/2C4H6O5.Mg/c2*5-3(6)1-2-4(7)9-8;/h2*8H,1-2H2,(H,5,6);/q;;+2/p-2. The number of aliphatic carboxylic acids is 2. The van der Waals surface area contributed by atoms with Crippen molar-refractivity contribution in [1.82, 2.24) is 0 Å². The molecule has 0 saturated heterocycles. The molecular weight excluding hydrogens is 280 g/mol. The molecule has 0 aromatic rings. The van der Waals surface area contributed by atoms with Crippen molar-refractivity contribution in [2.45, 2.75) is 25.7 Å². The maximum Gasteiger partial charge on any atom is 2.00 e. The second-order valence-corrected chi connectivity index (χ2v) is 2.67. The molecule has 0 heterocycles. The number of carbonyl (C=O) groups excluding carboxylic acids is 4. The maximum absolute atomic E-state index is 9.95. The summed E-state index contributed by atoms with van der Waals surface area (Å²) in [6.45, 7) is 0. The van der Waals surface area contributed by atoms with Gasteiger partial charge in [-0.15, -0.1) is 0 Å². The zero-order chi connectivity index (χ0) is 14.6. The molecule has 0 rings (SSSR count). The van der Waals surface area contributed by atoms with Crippen LogP contribution < -0.4 is 10.2 Å². The Labute approximate surface area is 122 Å². The molecule has 0 aliphatic heterocycles. The van der Waals surface area contributed by atoms with E-state index in [0.29, 0.717) is 0 Å². The van der Waals surface area contributed by atoms with Crippen LogP contribution in [0.1, 0.15) is 25.7 Å². The van der Waals surface area contributed by atoms with Gasteiger partial charge in [-0.2, -0.15) is 10.5 Å². The Morgan fingerprint density at radius 1 is 0.737 bits per heavy atom.